The zero-order valence-electron chi connectivity index (χ0n) is 9.95. The zero-order valence-corrected chi connectivity index (χ0v) is 9.95. The summed E-state index contributed by atoms with van der Waals surface area (Å²) < 4.78 is 2.30. The van der Waals surface area contributed by atoms with E-state index < -0.39 is 0 Å². The van der Waals surface area contributed by atoms with Gasteiger partial charge in [-0.1, -0.05) is 0 Å². The SMILES string of the molecule is CC(NCc1nnc2n1CCCC2)C1CC1. The van der Waals surface area contributed by atoms with E-state index in [1.54, 1.807) is 0 Å². The minimum atomic E-state index is 0.636. The van der Waals surface area contributed by atoms with Gasteiger partial charge in [-0.3, -0.25) is 0 Å². The smallest absolute Gasteiger partial charge is 0.147 e. The highest BCUT2D eigenvalue weighted by molar-refractivity contribution is 4.99. The van der Waals surface area contributed by atoms with Crippen LogP contribution >= 0.6 is 0 Å². The van der Waals surface area contributed by atoms with Crippen molar-refractivity contribution in [2.24, 2.45) is 5.92 Å². The van der Waals surface area contributed by atoms with Gasteiger partial charge in [0, 0.05) is 19.0 Å². The molecule has 0 radical (unpaired) electrons. The van der Waals surface area contributed by atoms with Crippen LogP contribution in [0.1, 0.15) is 44.3 Å². The van der Waals surface area contributed by atoms with Crippen molar-refractivity contribution in [3.8, 4) is 0 Å². The van der Waals surface area contributed by atoms with Crippen molar-refractivity contribution in [1.29, 1.82) is 0 Å². The molecule has 1 aromatic heterocycles. The van der Waals surface area contributed by atoms with E-state index >= 15 is 0 Å². The number of nitrogens with one attached hydrogen (secondary N) is 1. The second-order valence-electron chi connectivity index (χ2n) is 5.15. The van der Waals surface area contributed by atoms with E-state index in [4.69, 9.17) is 0 Å². The lowest BCUT2D eigenvalue weighted by Crippen LogP contribution is -2.29. The van der Waals surface area contributed by atoms with Crippen LogP contribution in [0.2, 0.25) is 0 Å². The monoisotopic (exact) mass is 220 g/mol. The van der Waals surface area contributed by atoms with Crippen LogP contribution < -0.4 is 5.32 Å². The molecule has 4 nitrogen and oxygen atoms in total. The molecule has 0 amide bonds. The number of hydrogen-bond donors (Lipinski definition) is 1. The molecule has 2 heterocycles. The molecule has 0 spiro atoms. The summed E-state index contributed by atoms with van der Waals surface area (Å²) in [4.78, 5) is 0. The van der Waals surface area contributed by atoms with Crippen LogP contribution in [0.3, 0.4) is 0 Å². The summed E-state index contributed by atoms with van der Waals surface area (Å²) in [5, 5.41) is 12.1. The molecule has 0 bridgehead atoms. The Bertz CT molecular complexity index is 367. The molecule has 16 heavy (non-hydrogen) atoms. The van der Waals surface area contributed by atoms with E-state index in [1.165, 1.54) is 31.5 Å². The van der Waals surface area contributed by atoms with E-state index in [-0.39, 0.29) is 0 Å². The average molecular weight is 220 g/mol. The van der Waals surface area contributed by atoms with Crippen LogP contribution in [0, 0.1) is 5.92 Å². The molecular weight excluding hydrogens is 200 g/mol. The summed E-state index contributed by atoms with van der Waals surface area (Å²) in [5.74, 6) is 3.22. The molecule has 1 aliphatic heterocycles. The second kappa shape index (κ2) is 4.17. The van der Waals surface area contributed by atoms with Gasteiger partial charge < -0.3 is 9.88 Å². The van der Waals surface area contributed by atoms with E-state index in [0.29, 0.717) is 6.04 Å². The zero-order chi connectivity index (χ0) is 11.0. The first-order valence-electron chi connectivity index (χ1n) is 6.49. The van der Waals surface area contributed by atoms with Crippen LogP contribution in [-0.2, 0) is 19.5 Å². The lowest BCUT2D eigenvalue weighted by molar-refractivity contribution is 0.458. The maximum Gasteiger partial charge on any atom is 0.147 e. The van der Waals surface area contributed by atoms with Gasteiger partial charge >= 0.3 is 0 Å². The van der Waals surface area contributed by atoms with Crippen molar-refractivity contribution in [2.45, 2.75) is 58.2 Å². The van der Waals surface area contributed by atoms with Crippen molar-refractivity contribution in [3.63, 3.8) is 0 Å². The van der Waals surface area contributed by atoms with Crippen molar-refractivity contribution >= 4 is 0 Å². The third-order valence-electron chi connectivity index (χ3n) is 3.85. The van der Waals surface area contributed by atoms with Gasteiger partial charge in [0.15, 0.2) is 0 Å². The van der Waals surface area contributed by atoms with Crippen molar-refractivity contribution < 1.29 is 0 Å². The Morgan fingerprint density at radius 1 is 1.38 bits per heavy atom. The predicted octanol–water partition coefficient (Wildman–Crippen LogP) is 1.50. The Morgan fingerprint density at radius 3 is 3.06 bits per heavy atom. The van der Waals surface area contributed by atoms with E-state index in [2.05, 4.69) is 27.0 Å². The molecule has 1 aliphatic carbocycles. The number of aromatic nitrogens is 3. The fourth-order valence-corrected chi connectivity index (χ4v) is 2.51. The molecule has 1 saturated carbocycles. The molecule has 1 unspecified atom stereocenters. The standard InChI is InChI=1S/C12H20N4/c1-9(10-5-6-10)13-8-12-15-14-11-4-2-3-7-16(11)12/h9-10,13H,2-8H2,1H3. The molecule has 0 aromatic carbocycles. The third kappa shape index (κ3) is 1.98. The fraction of sp³-hybridized carbons (Fsp3) is 0.833. The minimum absolute atomic E-state index is 0.636. The predicted molar refractivity (Wildman–Crippen MR) is 62.0 cm³/mol. The van der Waals surface area contributed by atoms with E-state index in [9.17, 15) is 0 Å². The van der Waals surface area contributed by atoms with Crippen LogP contribution in [-0.4, -0.2) is 20.8 Å². The first-order valence-corrected chi connectivity index (χ1v) is 6.49. The van der Waals surface area contributed by atoms with Gasteiger partial charge in [0.25, 0.3) is 0 Å². The summed E-state index contributed by atoms with van der Waals surface area (Å²) in [5.41, 5.74) is 0. The number of aryl methyl sites for hydroxylation is 1. The van der Waals surface area contributed by atoms with Crippen molar-refractivity contribution in [1.82, 2.24) is 20.1 Å². The second-order valence-corrected chi connectivity index (χ2v) is 5.15. The average Bonchev–Trinajstić information content (AvgIpc) is 3.08. The van der Waals surface area contributed by atoms with Crippen LogP contribution in [0.25, 0.3) is 0 Å². The topological polar surface area (TPSA) is 42.7 Å². The summed E-state index contributed by atoms with van der Waals surface area (Å²) >= 11 is 0. The van der Waals surface area contributed by atoms with Gasteiger partial charge in [0.2, 0.25) is 0 Å². The van der Waals surface area contributed by atoms with Gasteiger partial charge in [-0.15, -0.1) is 10.2 Å². The number of fused-ring (bicyclic) bond motifs is 1. The van der Waals surface area contributed by atoms with Crippen LogP contribution in [0.5, 0.6) is 0 Å². The maximum atomic E-state index is 4.30. The Balaban J connectivity index is 1.63. The first kappa shape index (κ1) is 10.3. The first-order chi connectivity index (χ1) is 7.84. The van der Waals surface area contributed by atoms with Gasteiger partial charge in [0.1, 0.15) is 11.6 Å². The molecular formula is C12H20N4. The van der Waals surface area contributed by atoms with E-state index in [1.807, 2.05) is 0 Å². The van der Waals surface area contributed by atoms with Crippen molar-refractivity contribution in [2.75, 3.05) is 0 Å². The summed E-state index contributed by atoms with van der Waals surface area (Å²) in [6.07, 6.45) is 6.43. The number of nitrogens with zero attached hydrogens (tertiary/aromatic N) is 3. The summed E-state index contributed by atoms with van der Waals surface area (Å²) in [6, 6.07) is 0.636. The van der Waals surface area contributed by atoms with E-state index in [0.717, 1.165) is 31.3 Å². The quantitative estimate of drug-likeness (QED) is 0.836. The Morgan fingerprint density at radius 2 is 2.25 bits per heavy atom. The highest BCUT2D eigenvalue weighted by Gasteiger charge is 2.27. The van der Waals surface area contributed by atoms with Crippen LogP contribution in [0.4, 0.5) is 0 Å². The van der Waals surface area contributed by atoms with Gasteiger partial charge in [-0.2, -0.15) is 0 Å². The number of rotatable bonds is 4. The lowest BCUT2D eigenvalue weighted by atomic mass is 10.1. The number of hydrogen-bond acceptors (Lipinski definition) is 3. The molecule has 2 aliphatic rings. The normalized spacial score (nSPS) is 21.8. The maximum absolute atomic E-state index is 4.30. The Labute approximate surface area is 96.4 Å². The Kier molecular flexibility index (Phi) is 2.67. The summed E-state index contributed by atoms with van der Waals surface area (Å²) in [6.45, 7) is 4.27. The molecule has 0 saturated heterocycles. The van der Waals surface area contributed by atoms with Gasteiger partial charge in [0.05, 0.1) is 6.54 Å². The largest absolute Gasteiger partial charge is 0.314 e. The molecule has 3 rings (SSSR count). The fourth-order valence-electron chi connectivity index (χ4n) is 2.51. The summed E-state index contributed by atoms with van der Waals surface area (Å²) in [7, 11) is 0. The molecule has 1 aromatic rings. The van der Waals surface area contributed by atoms with Gasteiger partial charge in [-0.25, -0.2) is 0 Å². The van der Waals surface area contributed by atoms with Crippen LogP contribution in [0.15, 0.2) is 0 Å². The highest BCUT2D eigenvalue weighted by atomic mass is 15.3. The van der Waals surface area contributed by atoms with Crippen molar-refractivity contribution in [3.05, 3.63) is 11.6 Å². The van der Waals surface area contributed by atoms with Gasteiger partial charge in [-0.05, 0) is 38.5 Å². The Hall–Kier alpha value is -0.900. The highest BCUT2D eigenvalue weighted by Crippen LogP contribution is 2.32. The minimum Gasteiger partial charge on any atom is -0.314 e. The molecule has 1 fully saturated rings. The molecule has 88 valence electrons. The molecule has 1 N–H and O–H groups in total. The lowest BCUT2D eigenvalue weighted by Gasteiger charge is -2.16. The molecule has 1 atom stereocenters. The third-order valence-corrected chi connectivity index (χ3v) is 3.85. The molecule has 4 heteroatoms.